The second kappa shape index (κ2) is 7.75. The molecule has 0 bridgehead atoms. The Morgan fingerprint density at radius 3 is 2.79 bits per heavy atom. The van der Waals surface area contributed by atoms with Crippen LogP contribution >= 0.6 is 0 Å². The molecule has 28 heavy (non-hydrogen) atoms. The molecule has 1 fully saturated rings. The molecular formula is C21H21F2N3O2. The van der Waals surface area contributed by atoms with Crippen LogP contribution in [0.1, 0.15) is 58.2 Å². The fraction of sp³-hybridized carbons (Fsp3) is 0.381. The van der Waals surface area contributed by atoms with Crippen LogP contribution in [0, 0.1) is 6.92 Å². The number of fused-ring (bicyclic) bond motifs is 1. The highest BCUT2D eigenvalue weighted by Crippen LogP contribution is 2.27. The Bertz CT molecular complexity index is 1010. The zero-order chi connectivity index (χ0) is 19.7. The summed E-state index contributed by atoms with van der Waals surface area (Å²) in [6.45, 7) is 3.46. The largest absolute Gasteiger partial charge is 0.381 e. The third-order valence-electron chi connectivity index (χ3n) is 5.09. The van der Waals surface area contributed by atoms with Gasteiger partial charge in [0.1, 0.15) is 17.0 Å². The first kappa shape index (κ1) is 18.7. The molecule has 4 rings (SSSR count). The average Bonchev–Trinajstić information content (AvgIpc) is 3.13. The van der Waals surface area contributed by atoms with E-state index in [9.17, 15) is 13.6 Å². The molecule has 0 spiro atoms. The highest BCUT2D eigenvalue weighted by atomic mass is 19.3. The van der Waals surface area contributed by atoms with Crippen LogP contribution in [0.3, 0.4) is 0 Å². The van der Waals surface area contributed by atoms with Gasteiger partial charge in [-0.1, -0.05) is 12.1 Å². The molecule has 0 atom stereocenters. The maximum Gasteiger partial charge on any atom is 0.280 e. The number of Topliss-reactive ketones (excluding diaryl/α,β-unsaturated/α-hetero) is 1. The van der Waals surface area contributed by atoms with Crippen LogP contribution in [0.2, 0.25) is 0 Å². The van der Waals surface area contributed by atoms with E-state index >= 15 is 0 Å². The minimum absolute atomic E-state index is 0.0593. The van der Waals surface area contributed by atoms with Crippen molar-refractivity contribution in [3.8, 4) is 0 Å². The van der Waals surface area contributed by atoms with Gasteiger partial charge in [-0.25, -0.2) is 18.7 Å². The Balaban J connectivity index is 1.58. The summed E-state index contributed by atoms with van der Waals surface area (Å²) in [6, 6.07) is 6.05. The summed E-state index contributed by atoms with van der Waals surface area (Å²) in [5, 5.41) is 0. The van der Waals surface area contributed by atoms with Crippen molar-refractivity contribution in [1.82, 2.24) is 14.4 Å². The van der Waals surface area contributed by atoms with E-state index < -0.39 is 6.43 Å². The van der Waals surface area contributed by atoms with E-state index in [4.69, 9.17) is 9.72 Å². The second-order valence-electron chi connectivity index (χ2n) is 7.16. The number of pyridine rings is 2. The Kier molecular flexibility index (Phi) is 5.17. The summed E-state index contributed by atoms with van der Waals surface area (Å²) in [7, 11) is 0. The number of hydrogen-bond acceptors (Lipinski definition) is 4. The van der Waals surface area contributed by atoms with Gasteiger partial charge in [-0.3, -0.25) is 4.79 Å². The molecule has 0 saturated carbocycles. The van der Waals surface area contributed by atoms with E-state index in [0.29, 0.717) is 5.92 Å². The van der Waals surface area contributed by atoms with E-state index in [2.05, 4.69) is 4.98 Å². The third-order valence-corrected chi connectivity index (χ3v) is 5.09. The predicted molar refractivity (Wildman–Crippen MR) is 100.0 cm³/mol. The fourth-order valence-corrected chi connectivity index (χ4v) is 3.65. The van der Waals surface area contributed by atoms with Gasteiger partial charge in [0.25, 0.3) is 6.43 Å². The third kappa shape index (κ3) is 3.80. The van der Waals surface area contributed by atoms with E-state index in [1.807, 2.05) is 29.8 Å². The fourth-order valence-electron chi connectivity index (χ4n) is 3.65. The SMILES string of the molecule is Cc1cc(CC(=O)c2cccc(C(F)F)n2)cn2cc(C3CCOCC3)nc12. The van der Waals surface area contributed by atoms with Gasteiger partial charge >= 0.3 is 0 Å². The number of ketones is 1. The monoisotopic (exact) mass is 385 g/mol. The van der Waals surface area contributed by atoms with Gasteiger partial charge in [0.2, 0.25) is 0 Å². The molecule has 1 aliphatic rings. The topological polar surface area (TPSA) is 56.5 Å². The number of aryl methyl sites for hydroxylation is 1. The lowest BCUT2D eigenvalue weighted by Crippen LogP contribution is -2.14. The molecule has 4 heterocycles. The number of carbonyl (C=O) groups is 1. The van der Waals surface area contributed by atoms with Gasteiger partial charge in [-0.2, -0.15) is 0 Å². The molecular weight excluding hydrogens is 364 g/mol. The zero-order valence-corrected chi connectivity index (χ0v) is 15.6. The Morgan fingerprint density at radius 1 is 1.25 bits per heavy atom. The molecule has 0 aromatic carbocycles. The first-order chi connectivity index (χ1) is 13.5. The number of carbonyl (C=O) groups excluding carboxylic acids is 1. The number of aromatic nitrogens is 3. The Morgan fingerprint density at radius 2 is 2.04 bits per heavy atom. The number of ether oxygens (including phenoxy) is 1. The Labute approximate surface area is 161 Å². The molecule has 0 radical (unpaired) electrons. The van der Waals surface area contributed by atoms with Crippen LogP contribution in [-0.4, -0.2) is 33.4 Å². The van der Waals surface area contributed by atoms with Crippen molar-refractivity contribution in [3.63, 3.8) is 0 Å². The van der Waals surface area contributed by atoms with E-state index in [1.54, 1.807) is 0 Å². The van der Waals surface area contributed by atoms with Gasteiger partial charge in [-0.15, -0.1) is 0 Å². The molecule has 3 aromatic heterocycles. The van der Waals surface area contributed by atoms with E-state index in [-0.39, 0.29) is 23.6 Å². The molecule has 0 aliphatic carbocycles. The minimum atomic E-state index is -2.69. The number of alkyl halides is 2. The van der Waals surface area contributed by atoms with E-state index in [0.717, 1.165) is 48.5 Å². The summed E-state index contributed by atoms with van der Waals surface area (Å²) < 4.78 is 33.0. The van der Waals surface area contributed by atoms with Crippen LogP contribution in [0.4, 0.5) is 8.78 Å². The molecule has 1 saturated heterocycles. The summed E-state index contributed by atoms with van der Waals surface area (Å²) in [5.74, 6) is 0.102. The highest BCUT2D eigenvalue weighted by molar-refractivity contribution is 5.95. The van der Waals surface area contributed by atoms with Crippen LogP contribution in [0.15, 0.2) is 36.7 Å². The normalized spacial score (nSPS) is 15.4. The van der Waals surface area contributed by atoms with Gasteiger partial charge < -0.3 is 9.14 Å². The van der Waals surface area contributed by atoms with Gasteiger partial charge in [0, 0.05) is 37.9 Å². The van der Waals surface area contributed by atoms with Crippen molar-refractivity contribution in [2.75, 3.05) is 13.2 Å². The molecule has 5 nitrogen and oxygen atoms in total. The molecule has 7 heteroatoms. The predicted octanol–water partition coefficient (Wildman–Crippen LogP) is 4.29. The number of halogens is 2. The minimum Gasteiger partial charge on any atom is -0.381 e. The zero-order valence-electron chi connectivity index (χ0n) is 15.6. The number of hydrogen-bond donors (Lipinski definition) is 0. The average molecular weight is 385 g/mol. The first-order valence-electron chi connectivity index (χ1n) is 9.35. The molecule has 3 aromatic rings. The lowest BCUT2D eigenvalue weighted by atomic mass is 9.97. The summed E-state index contributed by atoms with van der Waals surface area (Å²) in [6.07, 6.45) is 3.22. The molecule has 146 valence electrons. The van der Waals surface area contributed by atoms with Gasteiger partial charge in [-0.05, 0) is 43.0 Å². The standard InChI is InChI=1S/C21H21F2N3O2/c1-13-9-14(10-19(27)16-3-2-4-17(24-16)20(22)23)11-26-12-18(25-21(13)26)15-5-7-28-8-6-15/h2-4,9,11-12,15,20H,5-8,10H2,1H3. The lowest BCUT2D eigenvalue weighted by Gasteiger charge is -2.19. The molecule has 1 aliphatic heterocycles. The summed E-state index contributed by atoms with van der Waals surface area (Å²) in [4.78, 5) is 21.1. The van der Waals surface area contributed by atoms with Gasteiger partial charge in [0.05, 0.1) is 5.69 Å². The Hall–Kier alpha value is -2.67. The van der Waals surface area contributed by atoms with Crippen molar-refractivity contribution in [2.24, 2.45) is 0 Å². The first-order valence-corrected chi connectivity index (χ1v) is 9.35. The second-order valence-corrected chi connectivity index (χ2v) is 7.16. The number of imidazole rings is 1. The van der Waals surface area contributed by atoms with Crippen molar-refractivity contribution >= 4 is 11.4 Å². The lowest BCUT2D eigenvalue weighted by molar-refractivity contribution is 0.0846. The van der Waals surface area contributed by atoms with Crippen LogP contribution in [0.5, 0.6) is 0 Å². The smallest absolute Gasteiger partial charge is 0.280 e. The highest BCUT2D eigenvalue weighted by Gasteiger charge is 2.20. The maximum atomic E-state index is 12.8. The van der Waals surface area contributed by atoms with Crippen molar-refractivity contribution in [2.45, 2.75) is 38.5 Å². The van der Waals surface area contributed by atoms with Crippen molar-refractivity contribution in [1.29, 1.82) is 0 Å². The number of nitrogens with zero attached hydrogens (tertiary/aromatic N) is 3. The summed E-state index contributed by atoms with van der Waals surface area (Å²) >= 11 is 0. The maximum absolute atomic E-state index is 12.8. The van der Waals surface area contributed by atoms with Gasteiger partial charge in [0.15, 0.2) is 5.78 Å². The molecule has 0 amide bonds. The molecule has 0 unspecified atom stereocenters. The number of rotatable bonds is 5. The molecule has 0 N–H and O–H groups in total. The van der Waals surface area contributed by atoms with Crippen LogP contribution in [-0.2, 0) is 11.2 Å². The van der Waals surface area contributed by atoms with Crippen molar-refractivity contribution in [3.05, 3.63) is 64.9 Å². The van der Waals surface area contributed by atoms with Crippen molar-refractivity contribution < 1.29 is 18.3 Å². The van der Waals surface area contributed by atoms with E-state index in [1.165, 1.54) is 18.2 Å². The summed E-state index contributed by atoms with van der Waals surface area (Å²) in [5.41, 5.74) is 3.36. The van der Waals surface area contributed by atoms with Crippen LogP contribution < -0.4 is 0 Å². The van der Waals surface area contributed by atoms with Crippen LogP contribution in [0.25, 0.3) is 5.65 Å². The quantitative estimate of drug-likeness (QED) is 0.615.